The average molecular weight is 295 g/mol. The van der Waals surface area contributed by atoms with Gasteiger partial charge in [0, 0.05) is 0 Å². The summed E-state index contributed by atoms with van der Waals surface area (Å²) in [6, 6.07) is 19.7. The molecule has 0 saturated carbocycles. The minimum Gasteiger partial charge on any atom is -0.199 e. The van der Waals surface area contributed by atoms with Crippen LogP contribution in [0.3, 0.4) is 0 Å². The zero-order valence-electron chi connectivity index (χ0n) is 8.89. The first-order valence-corrected chi connectivity index (χ1v) is 4.53. The maximum Gasteiger partial charge on any atom is 2.00 e. The van der Waals surface area contributed by atoms with E-state index in [0.717, 1.165) is 11.1 Å². The molecule has 0 amide bonds. The summed E-state index contributed by atoms with van der Waals surface area (Å²) in [5.74, 6) is 0. The van der Waals surface area contributed by atoms with Gasteiger partial charge in [-0.3, -0.25) is 0 Å². The number of rotatable bonds is 0. The molecule has 0 saturated heterocycles. The van der Waals surface area contributed by atoms with Crippen molar-refractivity contribution >= 4 is 0 Å². The molecule has 0 spiro atoms. The van der Waals surface area contributed by atoms with Gasteiger partial charge in [-0.15, -0.1) is 24.3 Å². The second kappa shape index (κ2) is 8.41. The van der Waals surface area contributed by atoms with Crippen molar-refractivity contribution in [2.75, 3.05) is 0 Å². The molecule has 0 aliphatic heterocycles. The fourth-order valence-corrected chi connectivity index (χ4v) is 0.956. The zero-order valence-corrected chi connectivity index (χ0v) is 12.9. The number of benzene rings is 2. The average Bonchev–Trinajstić information content (AvgIpc) is 2.21. The second-order valence-corrected chi connectivity index (χ2v) is 2.97. The van der Waals surface area contributed by atoms with Crippen molar-refractivity contribution in [3.63, 3.8) is 0 Å². The molecule has 2 rings (SSSR count). The molecule has 2 aromatic carbocycles. The molecular formula is C14H14Cd. The van der Waals surface area contributed by atoms with E-state index < -0.39 is 0 Å². The third-order valence-corrected chi connectivity index (χ3v) is 1.69. The van der Waals surface area contributed by atoms with Gasteiger partial charge in [-0.2, -0.15) is 49.2 Å². The minimum absolute atomic E-state index is 0. The van der Waals surface area contributed by atoms with E-state index in [-0.39, 0.29) is 27.3 Å². The first-order valence-electron chi connectivity index (χ1n) is 4.53. The van der Waals surface area contributed by atoms with Crippen molar-refractivity contribution in [2.45, 2.75) is 0 Å². The molecule has 0 heterocycles. The topological polar surface area (TPSA) is 0 Å². The van der Waals surface area contributed by atoms with Gasteiger partial charge in [0.1, 0.15) is 0 Å². The van der Waals surface area contributed by atoms with Crippen LogP contribution >= 0.6 is 0 Å². The van der Waals surface area contributed by atoms with Crippen molar-refractivity contribution in [3.8, 4) is 0 Å². The summed E-state index contributed by atoms with van der Waals surface area (Å²) >= 11 is 0. The molecule has 0 aliphatic carbocycles. The minimum atomic E-state index is 0. The summed E-state index contributed by atoms with van der Waals surface area (Å²) in [4.78, 5) is 0. The Hall–Kier alpha value is -0.898. The first kappa shape index (κ1) is 14.1. The van der Waals surface area contributed by atoms with Crippen LogP contribution in [0.25, 0.3) is 0 Å². The number of hydrogen-bond donors (Lipinski definition) is 0. The molecule has 0 atom stereocenters. The van der Waals surface area contributed by atoms with Crippen LogP contribution in [0, 0.1) is 13.8 Å². The number of hydrogen-bond acceptors (Lipinski definition) is 0. The second-order valence-electron chi connectivity index (χ2n) is 2.97. The van der Waals surface area contributed by atoms with E-state index in [0.29, 0.717) is 0 Å². The Bertz CT molecular complexity index is 303. The summed E-state index contributed by atoms with van der Waals surface area (Å²) in [7, 11) is 0. The SMILES string of the molecule is [CH2-]c1ccccc1.[CH2-]c1ccccc1.[Cd+2]. The molecule has 0 radical (unpaired) electrons. The molecule has 0 N–H and O–H groups in total. The Labute approximate surface area is 113 Å². The van der Waals surface area contributed by atoms with Crippen molar-refractivity contribution in [1.29, 1.82) is 0 Å². The Balaban J connectivity index is 0.000000245. The Morgan fingerprint density at radius 2 is 0.800 bits per heavy atom. The molecule has 0 fully saturated rings. The standard InChI is InChI=1S/2C7H7.Cd/c2*1-7-5-3-2-4-6-7;/h2*2-6H,1H2;/q2*-1;+2. The van der Waals surface area contributed by atoms with E-state index in [1.54, 1.807) is 0 Å². The van der Waals surface area contributed by atoms with Crippen LogP contribution in [-0.4, -0.2) is 0 Å². The normalized spacial score (nSPS) is 8.00. The van der Waals surface area contributed by atoms with Crippen LogP contribution in [0.5, 0.6) is 0 Å². The molecule has 1 heteroatoms. The van der Waals surface area contributed by atoms with Gasteiger partial charge >= 0.3 is 27.3 Å². The third-order valence-electron chi connectivity index (χ3n) is 1.69. The van der Waals surface area contributed by atoms with Crippen LogP contribution in [0.15, 0.2) is 60.7 Å². The van der Waals surface area contributed by atoms with Gasteiger partial charge in [0.25, 0.3) is 0 Å². The van der Waals surface area contributed by atoms with Crippen LogP contribution in [-0.2, 0) is 27.3 Å². The van der Waals surface area contributed by atoms with Gasteiger partial charge in [0.15, 0.2) is 0 Å². The van der Waals surface area contributed by atoms with Crippen LogP contribution < -0.4 is 0 Å². The van der Waals surface area contributed by atoms with Crippen molar-refractivity contribution in [2.24, 2.45) is 0 Å². The van der Waals surface area contributed by atoms with Gasteiger partial charge in [-0.05, 0) is 0 Å². The van der Waals surface area contributed by atoms with E-state index in [1.807, 2.05) is 60.7 Å². The maximum atomic E-state index is 3.72. The van der Waals surface area contributed by atoms with E-state index in [2.05, 4.69) is 13.8 Å². The Morgan fingerprint density at radius 3 is 0.933 bits per heavy atom. The van der Waals surface area contributed by atoms with Crippen molar-refractivity contribution in [3.05, 3.63) is 85.6 Å². The van der Waals surface area contributed by atoms with Crippen LogP contribution in [0.1, 0.15) is 11.1 Å². The van der Waals surface area contributed by atoms with Crippen molar-refractivity contribution in [1.82, 2.24) is 0 Å². The van der Waals surface area contributed by atoms with Gasteiger partial charge in [0.05, 0.1) is 0 Å². The van der Waals surface area contributed by atoms with Crippen LogP contribution in [0.2, 0.25) is 0 Å². The summed E-state index contributed by atoms with van der Waals surface area (Å²) in [5.41, 5.74) is 2.14. The summed E-state index contributed by atoms with van der Waals surface area (Å²) in [6.45, 7) is 7.44. The summed E-state index contributed by atoms with van der Waals surface area (Å²) in [6.07, 6.45) is 0. The Kier molecular flexibility index (Phi) is 7.91. The maximum absolute atomic E-state index is 3.72. The third kappa shape index (κ3) is 7.08. The zero-order chi connectivity index (χ0) is 10.2. The largest absolute Gasteiger partial charge is 2.00 e. The van der Waals surface area contributed by atoms with Gasteiger partial charge < -0.3 is 0 Å². The predicted octanol–water partition coefficient (Wildman–Crippen LogP) is 3.74. The molecule has 2 aromatic rings. The molecule has 0 nitrogen and oxygen atoms in total. The fraction of sp³-hybridized carbons (Fsp3) is 0. The van der Waals surface area contributed by atoms with Gasteiger partial charge in [0.2, 0.25) is 0 Å². The van der Waals surface area contributed by atoms with E-state index >= 15 is 0 Å². The van der Waals surface area contributed by atoms with Crippen LogP contribution in [0.4, 0.5) is 0 Å². The van der Waals surface area contributed by atoms with Gasteiger partial charge in [-0.1, -0.05) is 12.1 Å². The molecule has 15 heavy (non-hydrogen) atoms. The monoisotopic (exact) mass is 296 g/mol. The van der Waals surface area contributed by atoms with E-state index in [9.17, 15) is 0 Å². The predicted molar refractivity (Wildman–Crippen MR) is 61.8 cm³/mol. The van der Waals surface area contributed by atoms with E-state index in [4.69, 9.17) is 0 Å². The summed E-state index contributed by atoms with van der Waals surface area (Å²) < 4.78 is 0. The molecule has 0 bridgehead atoms. The molecular weight excluding hydrogens is 281 g/mol. The molecule has 0 aromatic heterocycles. The Morgan fingerprint density at radius 1 is 0.533 bits per heavy atom. The summed E-state index contributed by atoms with van der Waals surface area (Å²) in [5, 5.41) is 0. The van der Waals surface area contributed by atoms with Gasteiger partial charge in [-0.25, -0.2) is 0 Å². The quantitative estimate of drug-likeness (QED) is 0.513. The van der Waals surface area contributed by atoms with Crippen molar-refractivity contribution < 1.29 is 27.3 Å². The first-order chi connectivity index (χ1) is 6.79. The molecule has 0 unspecified atom stereocenters. The van der Waals surface area contributed by atoms with E-state index in [1.165, 1.54) is 0 Å². The fourth-order valence-electron chi connectivity index (χ4n) is 0.956. The molecule has 0 aliphatic rings. The molecule has 72 valence electrons. The smallest absolute Gasteiger partial charge is 0.199 e.